The normalized spacial score (nSPS) is 16.0. The molecule has 4 rings (SSSR count). The summed E-state index contributed by atoms with van der Waals surface area (Å²) < 4.78 is 10.7. The maximum absolute atomic E-state index is 12.6. The second kappa shape index (κ2) is 7.11. The van der Waals surface area contributed by atoms with Gasteiger partial charge in [-0.15, -0.1) is 0 Å². The fourth-order valence-electron chi connectivity index (χ4n) is 2.64. The molecule has 6 nitrogen and oxygen atoms in total. The van der Waals surface area contributed by atoms with Crippen molar-refractivity contribution in [3.63, 3.8) is 0 Å². The molecule has 2 aromatic rings. The van der Waals surface area contributed by atoms with Crippen molar-refractivity contribution >= 4 is 11.7 Å². The second-order valence-electron chi connectivity index (χ2n) is 6.41. The van der Waals surface area contributed by atoms with Crippen LogP contribution in [0.3, 0.4) is 0 Å². The molecule has 0 saturated heterocycles. The van der Waals surface area contributed by atoms with Crippen LogP contribution in [0.4, 0.5) is 5.82 Å². The Balaban J connectivity index is 0.000000415. The van der Waals surface area contributed by atoms with Crippen LogP contribution in [0.5, 0.6) is 11.5 Å². The number of fused-ring (bicyclic) bond motifs is 1. The molecule has 1 aliphatic carbocycles. The average Bonchev–Trinajstić information content (AvgIpc) is 3.27. The number of hydrogen-bond acceptors (Lipinski definition) is 5. The minimum atomic E-state index is -0.460. The zero-order chi connectivity index (χ0) is 17.9. The van der Waals surface area contributed by atoms with E-state index in [9.17, 15) is 4.79 Å². The van der Waals surface area contributed by atoms with Crippen LogP contribution in [0.25, 0.3) is 0 Å². The molecule has 0 atom stereocenters. The van der Waals surface area contributed by atoms with E-state index in [2.05, 4.69) is 10.3 Å². The first-order valence-corrected chi connectivity index (χ1v) is 8.32. The molecule has 1 aliphatic heterocycles. The van der Waals surface area contributed by atoms with Crippen molar-refractivity contribution in [3.8, 4) is 11.5 Å². The topological polar surface area (TPSA) is 80.7 Å². The van der Waals surface area contributed by atoms with Gasteiger partial charge in [0.15, 0.2) is 11.5 Å². The van der Waals surface area contributed by atoms with E-state index in [4.69, 9.17) is 14.6 Å². The van der Waals surface area contributed by atoms with Gasteiger partial charge in [-0.25, -0.2) is 4.98 Å². The highest BCUT2D eigenvalue weighted by atomic mass is 16.7. The molecule has 2 aliphatic rings. The van der Waals surface area contributed by atoms with Crippen LogP contribution in [0.1, 0.15) is 32.3 Å². The molecule has 1 aromatic carbocycles. The summed E-state index contributed by atoms with van der Waals surface area (Å²) in [6, 6.07) is 11.2. The number of pyridine rings is 1. The van der Waals surface area contributed by atoms with Crippen LogP contribution in [-0.4, -0.2) is 28.9 Å². The molecule has 1 fully saturated rings. The number of nitrogens with one attached hydrogen (secondary N) is 1. The standard InChI is InChI=1S/C16H14N2O3.C3H8O/c19-15(18-14-3-1-2-8-17-14)16(6-7-16)11-4-5-12-13(9-11)21-10-20-12;1-3(2)4/h1-5,8-9H,6-7,10H2,(H,17,18,19);3-4H,1-2H3. The third kappa shape index (κ3) is 3.91. The van der Waals surface area contributed by atoms with Gasteiger partial charge in [0.05, 0.1) is 5.41 Å². The Morgan fingerprint density at radius 2 is 1.92 bits per heavy atom. The highest BCUT2D eigenvalue weighted by Crippen LogP contribution is 2.51. The van der Waals surface area contributed by atoms with Crippen LogP contribution in [0.2, 0.25) is 0 Å². The molecule has 0 unspecified atom stereocenters. The molecule has 2 N–H and O–H groups in total. The second-order valence-corrected chi connectivity index (χ2v) is 6.41. The van der Waals surface area contributed by atoms with E-state index in [0.29, 0.717) is 11.6 Å². The predicted molar refractivity (Wildman–Crippen MR) is 93.7 cm³/mol. The van der Waals surface area contributed by atoms with E-state index in [-0.39, 0.29) is 18.8 Å². The van der Waals surface area contributed by atoms with Gasteiger partial charge in [-0.05, 0) is 56.5 Å². The van der Waals surface area contributed by atoms with Gasteiger partial charge < -0.3 is 19.9 Å². The van der Waals surface area contributed by atoms with E-state index in [0.717, 1.165) is 24.2 Å². The van der Waals surface area contributed by atoms with Crippen molar-refractivity contribution < 1.29 is 19.4 Å². The van der Waals surface area contributed by atoms with Gasteiger partial charge >= 0.3 is 0 Å². The Labute approximate surface area is 146 Å². The van der Waals surface area contributed by atoms with Crippen LogP contribution < -0.4 is 14.8 Å². The number of benzene rings is 1. The van der Waals surface area contributed by atoms with Crippen LogP contribution in [0, 0.1) is 0 Å². The summed E-state index contributed by atoms with van der Waals surface area (Å²) in [5.41, 5.74) is 0.513. The first-order chi connectivity index (χ1) is 12.0. The summed E-state index contributed by atoms with van der Waals surface area (Å²) in [5, 5.41) is 10.9. The predicted octanol–water partition coefficient (Wildman–Crippen LogP) is 2.87. The van der Waals surface area contributed by atoms with Crippen molar-refractivity contribution in [1.82, 2.24) is 4.98 Å². The monoisotopic (exact) mass is 342 g/mol. The van der Waals surface area contributed by atoms with Gasteiger partial charge in [-0.1, -0.05) is 12.1 Å². The number of carbonyl (C=O) groups is 1. The summed E-state index contributed by atoms with van der Waals surface area (Å²) in [6.45, 7) is 3.69. The van der Waals surface area contributed by atoms with Crippen LogP contribution in [0.15, 0.2) is 42.6 Å². The van der Waals surface area contributed by atoms with Crippen molar-refractivity contribution in [3.05, 3.63) is 48.2 Å². The van der Waals surface area contributed by atoms with Gasteiger partial charge in [0.2, 0.25) is 12.7 Å². The maximum Gasteiger partial charge on any atom is 0.236 e. The number of nitrogens with zero attached hydrogens (tertiary/aromatic N) is 1. The molecule has 0 bridgehead atoms. The Morgan fingerprint density at radius 1 is 1.20 bits per heavy atom. The lowest BCUT2D eigenvalue weighted by molar-refractivity contribution is -0.118. The number of aliphatic hydroxyl groups excluding tert-OH is 1. The van der Waals surface area contributed by atoms with E-state index in [1.54, 1.807) is 26.1 Å². The molecule has 1 saturated carbocycles. The van der Waals surface area contributed by atoms with Crippen LogP contribution in [-0.2, 0) is 10.2 Å². The summed E-state index contributed by atoms with van der Waals surface area (Å²) in [7, 11) is 0. The Kier molecular flexibility index (Phi) is 4.90. The number of rotatable bonds is 3. The van der Waals surface area contributed by atoms with Gasteiger partial charge in [0, 0.05) is 12.3 Å². The maximum atomic E-state index is 12.6. The molecule has 6 heteroatoms. The van der Waals surface area contributed by atoms with E-state index in [1.165, 1.54) is 0 Å². The minimum Gasteiger partial charge on any atom is -0.454 e. The van der Waals surface area contributed by atoms with Crippen molar-refractivity contribution in [2.75, 3.05) is 12.1 Å². The van der Waals surface area contributed by atoms with Gasteiger partial charge in [0.1, 0.15) is 5.82 Å². The fraction of sp³-hybridized carbons (Fsp3) is 0.368. The molecule has 1 aromatic heterocycles. The number of hydrogen-bond donors (Lipinski definition) is 2. The molecule has 2 heterocycles. The fourth-order valence-corrected chi connectivity index (χ4v) is 2.64. The van der Waals surface area contributed by atoms with Crippen molar-refractivity contribution in [2.45, 2.75) is 38.2 Å². The Morgan fingerprint density at radius 3 is 2.56 bits per heavy atom. The molecule has 25 heavy (non-hydrogen) atoms. The third-order valence-corrected chi connectivity index (χ3v) is 4.02. The van der Waals surface area contributed by atoms with Gasteiger partial charge in [0.25, 0.3) is 0 Å². The lowest BCUT2D eigenvalue weighted by Gasteiger charge is -2.15. The van der Waals surface area contributed by atoms with Crippen LogP contribution >= 0.6 is 0 Å². The number of amides is 1. The first kappa shape index (κ1) is 17.2. The summed E-state index contributed by atoms with van der Waals surface area (Å²) >= 11 is 0. The molecule has 1 amide bonds. The average molecular weight is 342 g/mol. The van der Waals surface area contributed by atoms with E-state index >= 15 is 0 Å². The summed E-state index contributed by atoms with van der Waals surface area (Å²) in [5.74, 6) is 2.01. The largest absolute Gasteiger partial charge is 0.454 e. The zero-order valence-electron chi connectivity index (χ0n) is 14.4. The molecule has 0 radical (unpaired) electrons. The van der Waals surface area contributed by atoms with E-state index < -0.39 is 5.41 Å². The number of aromatic nitrogens is 1. The lowest BCUT2D eigenvalue weighted by Crippen LogP contribution is -2.28. The highest BCUT2D eigenvalue weighted by Gasteiger charge is 2.51. The third-order valence-electron chi connectivity index (χ3n) is 4.02. The SMILES string of the molecule is CC(C)O.O=C(Nc1ccccn1)C1(c2ccc3c(c2)OCO3)CC1. The smallest absolute Gasteiger partial charge is 0.236 e. The minimum absolute atomic E-state index is 0.0138. The van der Waals surface area contributed by atoms with Gasteiger partial charge in [-0.3, -0.25) is 4.79 Å². The number of anilines is 1. The molecular formula is C19H22N2O4. The Hall–Kier alpha value is -2.60. The lowest BCUT2D eigenvalue weighted by atomic mass is 9.94. The highest BCUT2D eigenvalue weighted by molar-refractivity contribution is 6.00. The summed E-state index contributed by atoms with van der Waals surface area (Å²) in [4.78, 5) is 16.7. The summed E-state index contributed by atoms with van der Waals surface area (Å²) in [6.07, 6.45) is 3.17. The number of aliphatic hydroxyl groups is 1. The molecule has 0 spiro atoms. The van der Waals surface area contributed by atoms with Crippen molar-refractivity contribution in [2.24, 2.45) is 0 Å². The Bertz CT molecular complexity index is 740. The molecular weight excluding hydrogens is 320 g/mol. The quantitative estimate of drug-likeness (QED) is 0.896. The van der Waals surface area contributed by atoms with Gasteiger partial charge in [-0.2, -0.15) is 0 Å². The molecule has 132 valence electrons. The first-order valence-electron chi connectivity index (χ1n) is 8.32. The number of ether oxygens (including phenoxy) is 2. The van der Waals surface area contributed by atoms with E-state index in [1.807, 2.05) is 30.3 Å². The van der Waals surface area contributed by atoms with Crippen molar-refractivity contribution in [1.29, 1.82) is 0 Å². The number of carbonyl (C=O) groups excluding carboxylic acids is 1. The zero-order valence-corrected chi connectivity index (χ0v) is 14.4.